The van der Waals surface area contributed by atoms with Crippen molar-refractivity contribution in [1.82, 2.24) is 0 Å². The maximum absolute atomic E-state index is 10.2. The lowest BCUT2D eigenvalue weighted by molar-refractivity contribution is -0.137. The van der Waals surface area contributed by atoms with E-state index in [-0.39, 0.29) is 0 Å². The maximum atomic E-state index is 10.2. The molecule has 0 heterocycles. The largest absolute Gasteiger partial charge is 0.481 e. The third-order valence-corrected chi connectivity index (χ3v) is 2.12. The molecule has 0 fully saturated rings. The predicted octanol–water partition coefficient (Wildman–Crippen LogP) is 3.23. The zero-order valence-corrected chi connectivity index (χ0v) is 8.62. The molecule has 0 radical (unpaired) electrons. The Balaban J connectivity index is 3.25. The Hall–Kier alpha value is -0.790. The Bertz CT molecular complexity index is 161. The van der Waals surface area contributed by atoms with E-state index in [9.17, 15) is 4.79 Å². The fourth-order valence-electron chi connectivity index (χ4n) is 1.00. The maximum Gasteiger partial charge on any atom is 0.303 e. The highest BCUT2D eigenvalue weighted by atomic mass is 16.4. The molecule has 13 heavy (non-hydrogen) atoms. The molecule has 2 heteroatoms. The van der Waals surface area contributed by atoms with Gasteiger partial charge < -0.3 is 5.11 Å². The van der Waals surface area contributed by atoms with E-state index < -0.39 is 5.97 Å². The van der Waals surface area contributed by atoms with Gasteiger partial charge in [-0.15, -0.1) is 0 Å². The van der Waals surface area contributed by atoms with E-state index in [0.717, 1.165) is 19.3 Å². The Kier molecular flexibility index (Phi) is 7.36. The van der Waals surface area contributed by atoms with Gasteiger partial charge in [-0.1, -0.05) is 32.4 Å². The summed E-state index contributed by atoms with van der Waals surface area (Å²) < 4.78 is 0. The average Bonchev–Trinajstić information content (AvgIpc) is 2.10. The van der Waals surface area contributed by atoms with Crippen molar-refractivity contribution in [2.45, 2.75) is 46.0 Å². The lowest BCUT2D eigenvalue weighted by Crippen LogP contribution is -1.93. The molecule has 0 aromatic carbocycles. The SMILES string of the molecule is CCC(C)C=CCCCCC(=O)O. The van der Waals surface area contributed by atoms with Crippen LogP contribution in [0.2, 0.25) is 0 Å². The summed E-state index contributed by atoms with van der Waals surface area (Å²) in [5.41, 5.74) is 0. The summed E-state index contributed by atoms with van der Waals surface area (Å²) in [7, 11) is 0. The summed E-state index contributed by atoms with van der Waals surface area (Å²) in [6.07, 6.45) is 8.64. The van der Waals surface area contributed by atoms with E-state index in [0.29, 0.717) is 12.3 Å². The van der Waals surface area contributed by atoms with Crippen LogP contribution in [0, 0.1) is 5.92 Å². The molecule has 0 aromatic rings. The number of hydrogen-bond donors (Lipinski definition) is 1. The minimum absolute atomic E-state index is 0.303. The smallest absolute Gasteiger partial charge is 0.303 e. The third-order valence-electron chi connectivity index (χ3n) is 2.12. The second-order valence-electron chi connectivity index (χ2n) is 3.45. The summed E-state index contributed by atoms with van der Waals surface area (Å²) in [5.74, 6) is -0.0367. The quantitative estimate of drug-likeness (QED) is 0.487. The van der Waals surface area contributed by atoms with E-state index >= 15 is 0 Å². The Morgan fingerprint density at radius 1 is 1.46 bits per heavy atom. The molecule has 0 spiro atoms. The number of hydrogen-bond acceptors (Lipinski definition) is 1. The van der Waals surface area contributed by atoms with Crippen LogP contribution in [-0.4, -0.2) is 11.1 Å². The van der Waals surface area contributed by atoms with Crippen molar-refractivity contribution >= 4 is 5.97 Å². The molecule has 0 aliphatic rings. The number of carboxylic acids is 1. The van der Waals surface area contributed by atoms with Gasteiger partial charge in [0.25, 0.3) is 0 Å². The lowest BCUT2D eigenvalue weighted by Gasteiger charge is -1.99. The normalized spacial score (nSPS) is 13.4. The van der Waals surface area contributed by atoms with Gasteiger partial charge in [0.2, 0.25) is 0 Å². The zero-order chi connectivity index (χ0) is 10.1. The van der Waals surface area contributed by atoms with Crippen molar-refractivity contribution in [2.75, 3.05) is 0 Å². The van der Waals surface area contributed by atoms with Crippen molar-refractivity contribution in [3.05, 3.63) is 12.2 Å². The summed E-state index contributed by atoms with van der Waals surface area (Å²) in [4.78, 5) is 10.2. The van der Waals surface area contributed by atoms with E-state index in [1.807, 2.05) is 0 Å². The molecule has 0 bridgehead atoms. The lowest BCUT2D eigenvalue weighted by atomic mass is 10.1. The topological polar surface area (TPSA) is 37.3 Å². The monoisotopic (exact) mass is 184 g/mol. The van der Waals surface area contributed by atoms with Crippen LogP contribution >= 0.6 is 0 Å². The Morgan fingerprint density at radius 3 is 2.69 bits per heavy atom. The molecule has 76 valence electrons. The van der Waals surface area contributed by atoms with Crippen LogP contribution in [0.5, 0.6) is 0 Å². The average molecular weight is 184 g/mol. The molecule has 0 rings (SSSR count). The molecule has 0 saturated carbocycles. The van der Waals surface area contributed by atoms with Gasteiger partial charge in [0.05, 0.1) is 0 Å². The van der Waals surface area contributed by atoms with Crippen LogP contribution in [0.3, 0.4) is 0 Å². The van der Waals surface area contributed by atoms with Crippen LogP contribution in [0.1, 0.15) is 46.0 Å². The minimum atomic E-state index is -0.689. The number of carbonyl (C=O) groups is 1. The predicted molar refractivity (Wildman–Crippen MR) is 54.7 cm³/mol. The van der Waals surface area contributed by atoms with Gasteiger partial charge in [0.15, 0.2) is 0 Å². The third kappa shape index (κ3) is 9.12. The molecular weight excluding hydrogens is 164 g/mol. The van der Waals surface area contributed by atoms with Crippen LogP contribution in [-0.2, 0) is 4.79 Å². The Labute approximate surface area is 80.7 Å². The number of allylic oxidation sites excluding steroid dienone is 2. The van der Waals surface area contributed by atoms with Crippen molar-refractivity contribution in [3.8, 4) is 0 Å². The standard InChI is InChI=1S/C11H20O2/c1-3-10(2)8-6-4-5-7-9-11(12)13/h6,8,10H,3-5,7,9H2,1-2H3,(H,12,13). The fourth-order valence-corrected chi connectivity index (χ4v) is 1.00. The molecule has 1 N–H and O–H groups in total. The van der Waals surface area contributed by atoms with Crippen molar-refractivity contribution < 1.29 is 9.90 Å². The number of unbranched alkanes of at least 4 members (excludes halogenated alkanes) is 2. The molecule has 0 saturated heterocycles. The summed E-state index contributed by atoms with van der Waals surface area (Å²) >= 11 is 0. The molecular formula is C11H20O2. The Morgan fingerprint density at radius 2 is 2.15 bits per heavy atom. The first-order valence-electron chi connectivity index (χ1n) is 5.05. The second-order valence-corrected chi connectivity index (χ2v) is 3.45. The number of rotatable bonds is 7. The van der Waals surface area contributed by atoms with Gasteiger partial charge in [0.1, 0.15) is 0 Å². The fraction of sp³-hybridized carbons (Fsp3) is 0.727. The van der Waals surface area contributed by atoms with Crippen LogP contribution in [0.25, 0.3) is 0 Å². The molecule has 0 aromatic heterocycles. The minimum Gasteiger partial charge on any atom is -0.481 e. The molecule has 1 atom stereocenters. The molecule has 2 nitrogen and oxygen atoms in total. The summed E-state index contributed by atoms with van der Waals surface area (Å²) in [5, 5.41) is 8.38. The first kappa shape index (κ1) is 12.2. The van der Waals surface area contributed by atoms with E-state index in [1.165, 1.54) is 6.42 Å². The summed E-state index contributed by atoms with van der Waals surface area (Å²) in [6, 6.07) is 0. The van der Waals surface area contributed by atoms with Gasteiger partial charge in [-0.3, -0.25) is 4.79 Å². The van der Waals surface area contributed by atoms with Gasteiger partial charge >= 0.3 is 5.97 Å². The molecule has 0 aliphatic heterocycles. The van der Waals surface area contributed by atoms with Crippen molar-refractivity contribution in [2.24, 2.45) is 5.92 Å². The first-order valence-corrected chi connectivity index (χ1v) is 5.05. The molecule has 0 aliphatic carbocycles. The van der Waals surface area contributed by atoms with Crippen LogP contribution in [0.15, 0.2) is 12.2 Å². The van der Waals surface area contributed by atoms with Crippen LogP contribution < -0.4 is 0 Å². The van der Waals surface area contributed by atoms with Crippen LogP contribution in [0.4, 0.5) is 0 Å². The van der Waals surface area contributed by atoms with Gasteiger partial charge in [-0.25, -0.2) is 0 Å². The first-order chi connectivity index (χ1) is 6.16. The number of aliphatic carboxylic acids is 1. The van der Waals surface area contributed by atoms with E-state index in [2.05, 4.69) is 26.0 Å². The molecule has 0 amide bonds. The van der Waals surface area contributed by atoms with Gasteiger partial charge in [0, 0.05) is 6.42 Å². The highest BCUT2D eigenvalue weighted by Crippen LogP contribution is 2.05. The molecule has 1 unspecified atom stereocenters. The van der Waals surface area contributed by atoms with E-state index in [1.54, 1.807) is 0 Å². The number of carboxylic acid groups (broad SMARTS) is 1. The van der Waals surface area contributed by atoms with E-state index in [4.69, 9.17) is 5.11 Å². The highest BCUT2D eigenvalue weighted by Gasteiger charge is 1.94. The zero-order valence-electron chi connectivity index (χ0n) is 8.62. The van der Waals surface area contributed by atoms with Gasteiger partial charge in [-0.05, 0) is 25.2 Å². The second kappa shape index (κ2) is 7.84. The van der Waals surface area contributed by atoms with Gasteiger partial charge in [-0.2, -0.15) is 0 Å². The van der Waals surface area contributed by atoms with Crippen molar-refractivity contribution in [1.29, 1.82) is 0 Å². The summed E-state index contributed by atoms with van der Waals surface area (Å²) in [6.45, 7) is 4.35. The highest BCUT2D eigenvalue weighted by molar-refractivity contribution is 5.66. The van der Waals surface area contributed by atoms with Crippen molar-refractivity contribution in [3.63, 3.8) is 0 Å².